The Morgan fingerprint density at radius 2 is 2.17 bits per heavy atom. The van der Waals surface area contributed by atoms with Gasteiger partial charge in [0.2, 0.25) is 0 Å². The number of para-hydroxylation sites is 1. The van der Waals surface area contributed by atoms with Crippen LogP contribution in [0.25, 0.3) is 5.69 Å². The molecular formula is C16H20ClN3O3. The summed E-state index contributed by atoms with van der Waals surface area (Å²) in [6.45, 7) is 2.16. The molecule has 0 radical (unpaired) electrons. The van der Waals surface area contributed by atoms with E-state index in [1.807, 2.05) is 25.1 Å². The summed E-state index contributed by atoms with van der Waals surface area (Å²) in [5.74, 6) is -0.261. The van der Waals surface area contributed by atoms with Crippen molar-refractivity contribution in [2.75, 3.05) is 27.3 Å². The van der Waals surface area contributed by atoms with E-state index in [1.54, 1.807) is 24.0 Å². The first-order chi connectivity index (χ1) is 10.9. The second-order valence-corrected chi connectivity index (χ2v) is 5.76. The Hall–Kier alpha value is -1.89. The Balaban J connectivity index is 2.21. The van der Waals surface area contributed by atoms with Crippen LogP contribution in [0.3, 0.4) is 0 Å². The number of rotatable bonds is 6. The molecule has 1 atom stereocenters. The van der Waals surface area contributed by atoms with E-state index in [1.165, 1.54) is 12.0 Å². The van der Waals surface area contributed by atoms with Crippen LogP contribution in [0.15, 0.2) is 30.5 Å². The molecule has 7 heteroatoms. The Labute approximate surface area is 140 Å². The van der Waals surface area contributed by atoms with Gasteiger partial charge in [-0.1, -0.05) is 23.7 Å². The SMILES string of the molecule is COCC(O)CN(C)C(=O)c1nn(-c2ccccc2Cl)cc1C. The molecule has 2 aromatic rings. The van der Waals surface area contributed by atoms with Crippen molar-refractivity contribution in [3.05, 3.63) is 46.7 Å². The molecule has 23 heavy (non-hydrogen) atoms. The minimum absolute atomic E-state index is 0.171. The van der Waals surface area contributed by atoms with Crippen molar-refractivity contribution in [3.8, 4) is 5.69 Å². The van der Waals surface area contributed by atoms with Crippen LogP contribution in [0.4, 0.5) is 0 Å². The second-order valence-electron chi connectivity index (χ2n) is 5.35. The summed E-state index contributed by atoms with van der Waals surface area (Å²) in [6, 6.07) is 7.28. The minimum atomic E-state index is -0.736. The van der Waals surface area contributed by atoms with Gasteiger partial charge >= 0.3 is 0 Å². The standard InChI is InChI=1S/C16H20ClN3O3/c1-11-8-20(14-7-5-4-6-13(14)17)18-15(11)16(22)19(2)9-12(21)10-23-3/h4-8,12,21H,9-10H2,1-3H3. The first-order valence-electron chi connectivity index (χ1n) is 7.17. The number of likely N-dealkylation sites (N-methyl/N-ethyl adjacent to an activating group) is 1. The van der Waals surface area contributed by atoms with E-state index in [0.717, 1.165) is 5.56 Å². The number of aryl methyl sites for hydroxylation is 1. The highest BCUT2D eigenvalue weighted by Crippen LogP contribution is 2.21. The molecule has 1 unspecified atom stereocenters. The third-order valence-corrected chi connectivity index (χ3v) is 3.71. The summed E-state index contributed by atoms with van der Waals surface area (Å²) in [7, 11) is 3.12. The van der Waals surface area contributed by atoms with Crippen molar-refractivity contribution in [2.24, 2.45) is 0 Å². The molecule has 6 nitrogen and oxygen atoms in total. The molecule has 124 valence electrons. The fourth-order valence-corrected chi connectivity index (χ4v) is 2.48. The molecule has 0 saturated heterocycles. The molecule has 0 saturated carbocycles. The number of benzene rings is 1. The van der Waals surface area contributed by atoms with E-state index >= 15 is 0 Å². The summed E-state index contributed by atoms with van der Waals surface area (Å²) in [6.07, 6.45) is 1.02. The molecule has 0 bridgehead atoms. The molecule has 0 aliphatic rings. The number of carbonyl (C=O) groups is 1. The van der Waals surface area contributed by atoms with Gasteiger partial charge < -0.3 is 14.7 Å². The Morgan fingerprint density at radius 3 is 2.83 bits per heavy atom. The average molecular weight is 338 g/mol. The second kappa shape index (κ2) is 7.59. The van der Waals surface area contributed by atoms with E-state index in [4.69, 9.17) is 16.3 Å². The Bertz CT molecular complexity index is 687. The van der Waals surface area contributed by atoms with Crippen molar-refractivity contribution >= 4 is 17.5 Å². The van der Waals surface area contributed by atoms with Gasteiger partial charge in [0.15, 0.2) is 5.69 Å². The zero-order chi connectivity index (χ0) is 17.0. The summed E-state index contributed by atoms with van der Waals surface area (Å²) >= 11 is 6.16. The van der Waals surface area contributed by atoms with Gasteiger partial charge in [-0.25, -0.2) is 4.68 Å². The maximum Gasteiger partial charge on any atom is 0.274 e. The van der Waals surface area contributed by atoms with Crippen LogP contribution < -0.4 is 0 Å². The zero-order valence-electron chi connectivity index (χ0n) is 13.4. The van der Waals surface area contributed by atoms with Gasteiger partial charge in [-0.2, -0.15) is 5.10 Å². The van der Waals surface area contributed by atoms with Crippen LogP contribution in [0, 0.1) is 6.92 Å². The van der Waals surface area contributed by atoms with Gasteiger partial charge in [-0.15, -0.1) is 0 Å². The van der Waals surface area contributed by atoms with Crippen molar-refractivity contribution in [1.82, 2.24) is 14.7 Å². The van der Waals surface area contributed by atoms with Gasteiger partial charge in [0.25, 0.3) is 5.91 Å². The van der Waals surface area contributed by atoms with E-state index in [9.17, 15) is 9.90 Å². The average Bonchev–Trinajstić information content (AvgIpc) is 2.88. The van der Waals surface area contributed by atoms with Crippen molar-refractivity contribution in [1.29, 1.82) is 0 Å². The Morgan fingerprint density at radius 1 is 1.48 bits per heavy atom. The number of ether oxygens (including phenoxy) is 1. The van der Waals surface area contributed by atoms with Gasteiger partial charge in [0.1, 0.15) is 0 Å². The molecule has 1 aromatic carbocycles. The molecule has 0 fully saturated rings. The lowest BCUT2D eigenvalue weighted by atomic mass is 10.2. The number of halogens is 1. The monoisotopic (exact) mass is 337 g/mol. The number of nitrogens with zero attached hydrogens (tertiary/aromatic N) is 3. The molecule has 0 aliphatic heterocycles. The number of aliphatic hydroxyl groups excluding tert-OH is 1. The smallest absolute Gasteiger partial charge is 0.274 e. The molecule has 1 heterocycles. The predicted octanol–water partition coefficient (Wildman–Crippen LogP) is 1.91. The summed E-state index contributed by atoms with van der Waals surface area (Å²) in [4.78, 5) is 13.9. The lowest BCUT2D eigenvalue weighted by molar-refractivity contribution is 0.0377. The number of hydrogen-bond acceptors (Lipinski definition) is 4. The number of carbonyl (C=O) groups excluding carboxylic acids is 1. The quantitative estimate of drug-likeness (QED) is 0.874. The van der Waals surface area contributed by atoms with Crippen LogP contribution in [0.2, 0.25) is 5.02 Å². The van der Waals surface area contributed by atoms with Gasteiger partial charge in [-0.3, -0.25) is 4.79 Å². The van der Waals surface area contributed by atoms with Gasteiger partial charge in [-0.05, 0) is 19.1 Å². The van der Waals surface area contributed by atoms with Gasteiger partial charge in [0, 0.05) is 32.5 Å². The number of aliphatic hydroxyl groups is 1. The van der Waals surface area contributed by atoms with E-state index in [-0.39, 0.29) is 19.1 Å². The number of methoxy groups -OCH3 is 1. The van der Waals surface area contributed by atoms with Gasteiger partial charge in [0.05, 0.1) is 23.4 Å². The van der Waals surface area contributed by atoms with E-state index in [0.29, 0.717) is 16.4 Å². The van der Waals surface area contributed by atoms with Crippen LogP contribution in [-0.2, 0) is 4.74 Å². The molecule has 1 N–H and O–H groups in total. The molecule has 1 aromatic heterocycles. The fourth-order valence-electron chi connectivity index (χ4n) is 2.26. The summed E-state index contributed by atoms with van der Waals surface area (Å²) in [5, 5.41) is 14.6. The summed E-state index contributed by atoms with van der Waals surface area (Å²) in [5.41, 5.74) is 1.78. The molecule has 0 aliphatic carbocycles. The molecule has 2 rings (SSSR count). The summed E-state index contributed by atoms with van der Waals surface area (Å²) < 4.78 is 6.45. The first-order valence-corrected chi connectivity index (χ1v) is 7.55. The largest absolute Gasteiger partial charge is 0.389 e. The topological polar surface area (TPSA) is 67.6 Å². The van der Waals surface area contributed by atoms with Crippen LogP contribution in [-0.4, -0.2) is 59.1 Å². The normalized spacial score (nSPS) is 12.2. The van der Waals surface area contributed by atoms with E-state index < -0.39 is 6.10 Å². The zero-order valence-corrected chi connectivity index (χ0v) is 14.1. The lowest BCUT2D eigenvalue weighted by Gasteiger charge is -2.19. The third-order valence-electron chi connectivity index (χ3n) is 3.39. The van der Waals surface area contributed by atoms with Crippen LogP contribution in [0.1, 0.15) is 16.1 Å². The first kappa shape index (κ1) is 17.5. The number of aromatic nitrogens is 2. The van der Waals surface area contributed by atoms with E-state index in [2.05, 4.69) is 5.10 Å². The number of amides is 1. The molecular weight excluding hydrogens is 318 g/mol. The van der Waals surface area contributed by atoms with Crippen molar-refractivity contribution in [2.45, 2.75) is 13.0 Å². The highest BCUT2D eigenvalue weighted by atomic mass is 35.5. The third kappa shape index (κ3) is 4.10. The van der Waals surface area contributed by atoms with Crippen molar-refractivity contribution in [3.63, 3.8) is 0 Å². The lowest BCUT2D eigenvalue weighted by Crippen LogP contribution is -2.36. The molecule has 0 spiro atoms. The minimum Gasteiger partial charge on any atom is -0.389 e. The molecule has 1 amide bonds. The van der Waals surface area contributed by atoms with Crippen molar-refractivity contribution < 1.29 is 14.6 Å². The highest BCUT2D eigenvalue weighted by Gasteiger charge is 2.21. The Kier molecular flexibility index (Phi) is 5.76. The van der Waals surface area contributed by atoms with Crippen LogP contribution >= 0.6 is 11.6 Å². The van der Waals surface area contributed by atoms with Crippen LogP contribution in [0.5, 0.6) is 0 Å². The predicted molar refractivity (Wildman–Crippen MR) is 88.2 cm³/mol. The maximum absolute atomic E-state index is 12.5. The number of hydrogen-bond donors (Lipinski definition) is 1. The fraction of sp³-hybridized carbons (Fsp3) is 0.375. The highest BCUT2D eigenvalue weighted by molar-refractivity contribution is 6.32. The maximum atomic E-state index is 12.5.